The average Bonchev–Trinajstić information content (AvgIpc) is 2.77. The van der Waals surface area contributed by atoms with Gasteiger partial charge in [0, 0.05) is 19.2 Å². The molecule has 2 rings (SSSR count). The van der Waals surface area contributed by atoms with E-state index in [1.165, 1.54) is 0 Å². The number of aromatic nitrogens is 2. The highest BCUT2D eigenvalue weighted by atomic mass is 16.4. The highest BCUT2D eigenvalue weighted by Gasteiger charge is 2.12. The van der Waals surface area contributed by atoms with E-state index in [9.17, 15) is 9.59 Å². The fourth-order valence-electron chi connectivity index (χ4n) is 2.01. The molecule has 0 saturated heterocycles. The minimum absolute atomic E-state index is 0.0308. The predicted octanol–water partition coefficient (Wildman–Crippen LogP) is 1.16. The number of fused-ring (bicyclic) bond motifs is 1. The number of hydrogen-bond acceptors (Lipinski definition) is 4. The number of imidazole rings is 1. The number of aryl methyl sites for hydroxylation is 1. The van der Waals surface area contributed by atoms with Gasteiger partial charge in [-0.25, -0.2) is 4.98 Å². The third-order valence-corrected chi connectivity index (χ3v) is 3.17. The van der Waals surface area contributed by atoms with Crippen LogP contribution >= 0.6 is 0 Å². The summed E-state index contributed by atoms with van der Waals surface area (Å²) in [6.45, 7) is 0.554. The lowest BCUT2D eigenvalue weighted by molar-refractivity contribution is -0.137. The summed E-state index contributed by atoms with van der Waals surface area (Å²) in [6.07, 6.45) is 1.74. The second kappa shape index (κ2) is 5.83. The fourth-order valence-corrected chi connectivity index (χ4v) is 2.01. The van der Waals surface area contributed by atoms with E-state index in [4.69, 9.17) is 5.11 Å². The summed E-state index contributed by atoms with van der Waals surface area (Å²) in [5.74, 6) is -0.898. The van der Waals surface area contributed by atoms with Crippen molar-refractivity contribution in [3.63, 3.8) is 0 Å². The van der Waals surface area contributed by atoms with E-state index in [-0.39, 0.29) is 18.7 Å². The molecule has 106 valence electrons. The first kappa shape index (κ1) is 14.2. The third kappa shape index (κ3) is 3.21. The number of likely N-dealkylation sites (N-methyl/N-ethyl adjacent to an activating group) is 1. The fraction of sp³-hybridized carbons (Fsp3) is 0.357. The van der Waals surface area contributed by atoms with Crippen LogP contribution in [0.5, 0.6) is 0 Å². The molecule has 1 N–H and O–H groups in total. The number of hydrogen-bond donors (Lipinski definition) is 1. The van der Waals surface area contributed by atoms with Gasteiger partial charge in [0.05, 0.1) is 30.3 Å². The van der Waals surface area contributed by atoms with E-state index >= 15 is 0 Å². The van der Waals surface area contributed by atoms with Gasteiger partial charge in [0.1, 0.15) is 0 Å². The molecule has 0 radical (unpaired) electrons. The topological polar surface area (TPSA) is 75.4 Å². The molecular formula is C14H17N3O3. The SMILES string of the molecule is CN(CCC(=O)O)CC(=O)c1ccc2c(c1)ncn2C. The van der Waals surface area contributed by atoms with Crippen LogP contribution in [0.2, 0.25) is 0 Å². The van der Waals surface area contributed by atoms with Crippen LogP contribution in [0.3, 0.4) is 0 Å². The molecule has 2 aromatic rings. The zero-order valence-electron chi connectivity index (χ0n) is 11.5. The smallest absolute Gasteiger partial charge is 0.304 e. The van der Waals surface area contributed by atoms with Crippen molar-refractivity contribution in [3.05, 3.63) is 30.1 Å². The number of carboxylic acid groups (broad SMARTS) is 1. The Morgan fingerprint density at radius 3 is 2.85 bits per heavy atom. The molecule has 6 nitrogen and oxygen atoms in total. The Kier molecular flexibility index (Phi) is 4.14. The molecule has 20 heavy (non-hydrogen) atoms. The lowest BCUT2D eigenvalue weighted by atomic mass is 10.1. The first-order chi connectivity index (χ1) is 9.47. The number of benzene rings is 1. The minimum Gasteiger partial charge on any atom is -0.481 e. The molecule has 0 unspecified atom stereocenters. The molecular weight excluding hydrogens is 258 g/mol. The Bertz CT molecular complexity index is 648. The maximum absolute atomic E-state index is 12.1. The molecule has 1 aromatic carbocycles. The Labute approximate surface area is 116 Å². The second-order valence-corrected chi connectivity index (χ2v) is 4.86. The second-order valence-electron chi connectivity index (χ2n) is 4.86. The van der Waals surface area contributed by atoms with Crippen LogP contribution in [0.4, 0.5) is 0 Å². The largest absolute Gasteiger partial charge is 0.481 e. The highest BCUT2D eigenvalue weighted by Crippen LogP contribution is 2.14. The number of aliphatic carboxylic acids is 1. The summed E-state index contributed by atoms with van der Waals surface area (Å²) in [6, 6.07) is 5.41. The molecule has 6 heteroatoms. The Hall–Kier alpha value is -2.21. The molecule has 1 heterocycles. The van der Waals surface area contributed by atoms with E-state index in [0.717, 1.165) is 11.0 Å². The van der Waals surface area contributed by atoms with Gasteiger partial charge in [-0.15, -0.1) is 0 Å². The van der Waals surface area contributed by atoms with E-state index in [1.54, 1.807) is 30.4 Å². The lowest BCUT2D eigenvalue weighted by Gasteiger charge is -2.14. The molecule has 0 fully saturated rings. The quantitative estimate of drug-likeness (QED) is 0.801. The zero-order chi connectivity index (χ0) is 14.7. The molecule has 0 bridgehead atoms. The van der Waals surface area contributed by atoms with Gasteiger partial charge in [0.15, 0.2) is 5.78 Å². The van der Waals surface area contributed by atoms with E-state index in [2.05, 4.69) is 4.98 Å². The minimum atomic E-state index is -0.862. The molecule has 0 saturated carbocycles. The van der Waals surface area contributed by atoms with Gasteiger partial charge in [0.2, 0.25) is 0 Å². The average molecular weight is 275 g/mol. The number of carbonyl (C=O) groups excluding carboxylic acids is 1. The zero-order valence-corrected chi connectivity index (χ0v) is 11.5. The first-order valence-corrected chi connectivity index (χ1v) is 6.32. The van der Waals surface area contributed by atoms with Gasteiger partial charge < -0.3 is 9.67 Å². The van der Waals surface area contributed by atoms with Crippen LogP contribution in [-0.4, -0.2) is 51.4 Å². The predicted molar refractivity (Wildman–Crippen MR) is 74.8 cm³/mol. The molecule has 0 aliphatic rings. The van der Waals surface area contributed by atoms with Crippen LogP contribution in [0, 0.1) is 0 Å². The third-order valence-electron chi connectivity index (χ3n) is 3.17. The van der Waals surface area contributed by atoms with E-state index in [0.29, 0.717) is 12.1 Å². The molecule has 0 aliphatic carbocycles. The van der Waals surface area contributed by atoms with Crippen LogP contribution < -0.4 is 0 Å². The summed E-state index contributed by atoms with van der Waals surface area (Å²) >= 11 is 0. The van der Waals surface area contributed by atoms with Crippen LogP contribution in [0.25, 0.3) is 11.0 Å². The van der Waals surface area contributed by atoms with E-state index < -0.39 is 5.97 Å². The number of carboxylic acids is 1. The van der Waals surface area contributed by atoms with Crippen molar-refractivity contribution >= 4 is 22.8 Å². The summed E-state index contributed by atoms with van der Waals surface area (Å²) in [5.41, 5.74) is 2.35. The molecule has 1 aromatic heterocycles. The summed E-state index contributed by atoms with van der Waals surface area (Å²) < 4.78 is 1.89. The maximum Gasteiger partial charge on any atom is 0.304 e. The molecule has 0 atom stereocenters. The van der Waals surface area contributed by atoms with Gasteiger partial charge in [-0.3, -0.25) is 14.5 Å². The molecule has 0 aliphatic heterocycles. The normalized spacial score (nSPS) is 11.2. The van der Waals surface area contributed by atoms with Crippen molar-refractivity contribution in [2.24, 2.45) is 7.05 Å². The molecule has 0 spiro atoms. The van der Waals surface area contributed by atoms with Crippen molar-refractivity contribution < 1.29 is 14.7 Å². The number of nitrogens with zero attached hydrogens (tertiary/aromatic N) is 3. The van der Waals surface area contributed by atoms with Crippen molar-refractivity contribution in [2.75, 3.05) is 20.1 Å². The number of carbonyl (C=O) groups is 2. The van der Waals surface area contributed by atoms with Crippen molar-refractivity contribution in [3.8, 4) is 0 Å². The van der Waals surface area contributed by atoms with Crippen molar-refractivity contribution in [2.45, 2.75) is 6.42 Å². The van der Waals surface area contributed by atoms with Crippen molar-refractivity contribution in [1.82, 2.24) is 14.5 Å². The summed E-state index contributed by atoms with van der Waals surface area (Å²) in [5, 5.41) is 8.61. The summed E-state index contributed by atoms with van der Waals surface area (Å²) in [4.78, 5) is 28.5. The van der Waals surface area contributed by atoms with Crippen LogP contribution in [-0.2, 0) is 11.8 Å². The maximum atomic E-state index is 12.1. The number of rotatable bonds is 6. The monoisotopic (exact) mass is 275 g/mol. The molecule has 0 amide bonds. The Morgan fingerprint density at radius 1 is 1.40 bits per heavy atom. The summed E-state index contributed by atoms with van der Waals surface area (Å²) in [7, 11) is 3.64. The van der Waals surface area contributed by atoms with Gasteiger partial charge in [-0.1, -0.05) is 0 Å². The van der Waals surface area contributed by atoms with Crippen LogP contribution in [0.15, 0.2) is 24.5 Å². The van der Waals surface area contributed by atoms with E-state index in [1.807, 2.05) is 17.7 Å². The number of Topliss-reactive ketones (excluding diaryl/α,β-unsaturated/α-hetero) is 1. The van der Waals surface area contributed by atoms with Crippen molar-refractivity contribution in [1.29, 1.82) is 0 Å². The Balaban J connectivity index is 2.05. The number of ketones is 1. The first-order valence-electron chi connectivity index (χ1n) is 6.32. The lowest BCUT2D eigenvalue weighted by Crippen LogP contribution is -2.28. The standard InChI is InChI=1S/C14H17N3O3/c1-16(6-5-14(19)20)8-13(18)10-3-4-12-11(7-10)15-9-17(12)2/h3-4,7,9H,5-6,8H2,1-2H3,(H,19,20). The van der Waals surface area contributed by atoms with Gasteiger partial charge in [0.25, 0.3) is 0 Å². The van der Waals surface area contributed by atoms with Gasteiger partial charge in [-0.2, -0.15) is 0 Å². The van der Waals surface area contributed by atoms with Gasteiger partial charge in [-0.05, 0) is 25.2 Å². The Morgan fingerprint density at radius 2 is 2.15 bits per heavy atom. The van der Waals surface area contributed by atoms with Gasteiger partial charge >= 0.3 is 5.97 Å². The van der Waals surface area contributed by atoms with Crippen LogP contribution in [0.1, 0.15) is 16.8 Å². The highest BCUT2D eigenvalue weighted by molar-refractivity contribution is 6.00.